The highest BCUT2D eigenvalue weighted by atomic mass is 32.2. The number of nitrogens with zero attached hydrogens (tertiary/aromatic N) is 1. The summed E-state index contributed by atoms with van der Waals surface area (Å²) in [5.41, 5.74) is 0.299. The first-order chi connectivity index (χ1) is 10.3. The van der Waals surface area contributed by atoms with Gasteiger partial charge in [0.25, 0.3) is 5.91 Å². The van der Waals surface area contributed by atoms with Gasteiger partial charge in [-0.1, -0.05) is 13.8 Å². The van der Waals surface area contributed by atoms with Gasteiger partial charge in [-0.25, -0.2) is 12.7 Å². The zero-order chi connectivity index (χ0) is 16.9. The number of ether oxygens (including phenoxy) is 1. The summed E-state index contributed by atoms with van der Waals surface area (Å²) in [6, 6.07) is 4.48. The molecule has 1 rings (SSSR count). The van der Waals surface area contributed by atoms with Crippen LogP contribution in [0.4, 0.5) is 0 Å². The first-order valence-corrected chi connectivity index (χ1v) is 8.63. The first kappa shape index (κ1) is 18.4. The predicted octanol–water partition coefficient (Wildman–Crippen LogP) is 1.86. The highest BCUT2D eigenvalue weighted by Gasteiger charge is 2.24. The van der Waals surface area contributed by atoms with Gasteiger partial charge in [0.1, 0.15) is 10.6 Å². The maximum Gasteiger partial charge on any atom is 0.251 e. The SMILES string of the molecule is CCC(CC)NC(=O)c1ccc(OC)c(S(=O)(=O)N(C)C)c1. The Bertz CT molecular complexity index is 622. The van der Waals surface area contributed by atoms with Crippen LogP contribution in [0.3, 0.4) is 0 Å². The fourth-order valence-electron chi connectivity index (χ4n) is 1.98. The van der Waals surface area contributed by atoms with Crippen LogP contribution in [-0.4, -0.2) is 45.9 Å². The van der Waals surface area contributed by atoms with Gasteiger partial charge in [0.05, 0.1) is 7.11 Å². The van der Waals surface area contributed by atoms with Crippen LogP contribution >= 0.6 is 0 Å². The molecule has 7 heteroatoms. The summed E-state index contributed by atoms with van der Waals surface area (Å²) in [4.78, 5) is 12.2. The molecule has 0 aliphatic heterocycles. The van der Waals surface area contributed by atoms with Crippen LogP contribution in [0.1, 0.15) is 37.0 Å². The number of carbonyl (C=O) groups is 1. The fourth-order valence-corrected chi connectivity index (χ4v) is 3.05. The Kier molecular flexibility index (Phi) is 6.37. The standard InChI is InChI=1S/C15H24N2O4S/c1-6-12(7-2)16-15(18)11-8-9-13(21-5)14(10-11)22(19,20)17(3)4/h8-10,12H,6-7H2,1-5H3,(H,16,18). The average molecular weight is 328 g/mol. The molecule has 6 nitrogen and oxygen atoms in total. The van der Waals surface area contributed by atoms with Gasteiger partial charge in [-0.2, -0.15) is 0 Å². The Morgan fingerprint density at radius 1 is 1.27 bits per heavy atom. The van der Waals surface area contributed by atoms with Crippen LogP contribution < -0.4 is 10.1 Å². The molecule has 0 atom stereocenters. The van der Waals surface area contributed by atoms with Gasteiger partial charge in [-0.15, -0.1) is 0 Å². The maximum atomic E-state index is 12.3. The Labute approximate surface area is 132 Å². The van der Waals surface area contributed by atoms with E-state index in [1.165, 1.54) is 33.3 Å². The molecule has 1 aromatic carbocycles. The molecule has 0 saturated carbocycles. The molecule has 0 heterocycles. The second kappa shape index (κ2) is 7.60. The quantitative estimate of drug-likeness (QED) is 0.829. The molecule has 1 aromatic rings. The summed E-state index contributed by atoms with van der Waals surface area (Å²) in [5, 5.41) is 2.89. The highest BCUT2D eigenvalue weighted by molar-refractivity contribution is 7.89. The lowest BCUT2D eigenvalue weighted by Crippen LogP contribution is -2.34. The molecule has 0 aromatic heterocycles. The van der Waals surface area contributed by atoms with Gasteiger partial charge < -0.3 is 10.1 Å². The molecule has 0 radical (unpaired) electrons. The average Bonchev–Trinajstić information content (AvgIpc) is 2.51. The van der Waals surface area contributed by atoms with E-state index in [-0.39, 0.29) is 22.6 Å². The molecule has 0 spiro atoms. The molecule has 0 aliphatic carbocycles. The smallest absolute Gasteiger partial charge is 0.251 e. The molecule has 0 saturated heterocycles. The molecule has 0 unspecified atom stereocenters. The molecular weight excluding hydrogens is 304 g/mol. The normalized spacial score (nSPS) is 11.8. The number of sulfonamides is 1. The molecule has 1 N–H and O–H groups in total. The third kappa shape index (κ3) is 3.98. The van der Waals surface area contributed by atoms with Gasteiger partial charge >= 0.3 is 0 Å². The van der Waals surface area contributed by atoms with Crippen molar-refractivity contribution in [3.05, 3.63) is 23.8 Å². The zero-order valence-electron chi connectivity index (χ0n) is 13.7. The summed E-state index contributed by atoms with van der Waals surface area (Å²) < 4.78 is 30.9. The lowest BCUT2D eigenvalue weighted by molar-refractivity contribution is 0.0934. The lowest BCUT2D eigenvalue weighted by atomic mass is 10.1. The number of amides is 1. The first-order valence-electron chi connectivity index (χ1n) is 7.19. The second-order valence-corrected chi connectivity index (χ2v) is 7.26. The topological polar surface area (TPSA) is 75.7 Å². The van der Waals surface area contributed by atoms with Crippen LogP contribution in [0, 0.1) is 0 Å². The van der Waals surface area contributed by atoms with E-state index in [9.17, 15) is 13.2 Å². The number of hydrogen-bond acceptors (Lipinski definition) is 4. The van der Waals surface area contributed by atoms with Crippen LogP contribution in [0.2, 0.25) is 0 Å². The molecule has 0 bridgehead atoms. The number of nitrogens with one attached hydrogen (secondary N) is 1. The minimum Gasteiger partial charge on any atom is -0.495 e. The molecule has 124 valence electrons. The third-order valence-electron chi connectivity index (χ3n) is 3.51. The van der Waals surface area contributed by atoms with Gasteiger partial charge in [-0.05, 0) is 31.0 Å². The van der Waals surface area contributed by atoms with E-state index in [0.717, 1.165) is 17.1 Å². The van der Waals surface area contributed by atoms with Crippen molar-refractivity contribution in [1.29, 1.82) is 0 Å². The third-order valence-corrected chi connectivity index (χ3v) is 5.34. The van der Waals surface area contributed by atoms with Gasteiger partial charge in [0.2, 0.25) is 10.0 Å². The molecule has 0 aliphatic rings. The van der Waals surface area contributed by atoms with Crippen molar-refractivity contribution >= 4 is 15.9 Å². The number of methoxy groups -OCH3 is 1. The van der Waals surface area contributed by atoms with Crippen molar-refractivity contribution in [2.75, 3.05) is 21.2 Å². The van der Waals surface area contributed by atoms with Crippen LogP contribution in [0.25, 0.3) is 0 Å². The largest absolute Gasteiger partial charge is 0.495 e. The Morgan fingerprint density at radius 2 is 1.86 bits per heavy atom. The Morgan fingerprint density at radius 3 is 2.32 bits per heavy atom. The summed E-state index contributed by atoms with van der Waals surface area (Å²) in [6.07, 6.45) is 1.64. The minimum atomic E-state index is -3.69. The van der Waals surface area contributed by atoms with E-state index in [2.05, 4.69) is 5.32 Å². The maximum absolute atomic E-state index is 12.3. The molecule has 0 fully saturated rings. The fraction of sp³-hybridized carbons (Fsp3) is 0.533. The van der Waals surface area contributed by atoms with Gasteiger partial charge in [0.15, 0.2) is 0 Å². The van der Waals surface area contributed by atoms with Crippen molar-refractivity contribution in [1.82, 2.24) is 9.62 Å². The summed E-state index contributed by atoms with van der Waals surface area (Å²) in [6.45, 7) is 3.98. The van der Waals surface area contributed by atoms with Crippen LogP contribution in [0.15, 0.2) is 23.1 Å². The Balaban J connectivity index is 3.23. The molecular formula is C15H24N2O4S. The van der Waals surface area contributed by atoms with Crippen molar-refractivity contribution in [3.8, 4) is 5.75 Å². The summed E-state index contributed by atoms with van der Waals surface area (Å²) in [7, 11) is 0.582. The minimum absolute atomic E-state index is 0.0165. The highest BCUT2D eigenvalue weighted by Crippen LogP contribution is 2.26. The Hall–Kier alpha value is -1.60. The van der Waals surface area contributed by atoms with Gasteiger partial charge in [0, 0.05) is 25.7 Å². The molecule has 1 amide bonds. The van der Waals surface area contributed by atoms with E-state index in [4.69, 9.17) is 4.74 Å². The van der Waals surface area contributed by atoms with Crippen molar-refractivity contribution in [2.24, 2.45) is 0 Å². The van der Waals surface area contributed by atoms with Gasteiger partial charge in [-0.3, -0.25) is 4.79 Å². The number of rotatable bonds is 7. The summed E-state index contributed by atoms with van der Waals surface area (Å²) >= 11 is 0. The summed E-state index contributed by atoms with van der Waals surface area (Å²) in [5.74, 6) is -0.0701. The second-order valence-electron chi connectivity index (χ2n) is 5.14. The van der Waals surface area contributed by atoms with E-state index in [1.54, 1.807) is 6.07 Å². The predicted molar refractivity (Wildman–Crippen MR) is 85.7 cm³/mol. The zero-order valence-corrected chi connectivity index (χ0v) is 14.5. The number of hydrogen-bond donors (Lipinski definition) is 1. The van der Waals surface area contributed by atoms with E-state index in [1.807, 2.05) is 13.8 Å². The van der Waals surface area contributed by atoms with Crippen LogP contribution in [-0.2, 0) is 10.0 Å². The van der Waals surface area contributed by atoms with Crippen molar-refractivity contribution in [3.63, 3.8) is 0 Å². The lowest BCUT2D eigenvalue weighted by Gasteiger charge is -2.17. The van der Waals surface area contributed by atoms with E-state index in [0.29, 0.717) is 5.56 Å². The number of benzene rings is 1. The molecule has 22 heavy (non-hydrogen) atoms. The van der Waals surface area contributed by atoms with E-state index < -0.39 is 10.0 Å². The monoisotopic (exact) mass is 328 g/mol. The number of carbonyl (C=O) groups excluding carboxylic acids is 1. The van der Waals surface area contributed by atoms with Crippen molar-refractivity contribution < 1.29 is 17.9 Å². The van der Waals surface area contributed by atoms with Crippen molar-refractivity contribution in [2.45, 2.75) is 37.6 Å². The van der Waals surface area contributed by atoms with E-state index >= 15 is 0 Å². The van der Waals surface area contributed by atoms with Crippen LogP contribution in [0.5, 0.6) is 5.75 Å².